The first-order valence-electron chi connectivity index (χ1n) is 4.73. The lowest BCUT2D eigenvalue weighted by atomic mass is 10.2. The topological polar surface area (TPSA) is 109 Å². The van der Waals surface area contributed by atoms with Crippen molar-refractivity contribution in [2.45, 2.75) is 6.10 Å². The van der Waals surface area contributed by atoms with Gasteiger partial charge < -0.3 is 20.3 Å². The van der Waals surface area contributed by atoms with E-state index in [1.54, 1.807) is 0 Å². The highest BCUT2D eigenvalue weighted by Crippen LogP contribution is 2.13. The maximum Gasteiger partial charge on any atom is 0.336 e. The van der Waals surface area contributed by atoms with Crippen molar-refractivity contribution in [1.29, 1.82) is 0 Å². The summed E-state index contributed by atoms with van der Waals surface area (Å²) < 4.78 is 4.27. The minimum Gasteiger partial charge on any atom is -0.505 e. The number of pyridine rings is 1. The van der Waals surface area contributed by atoms with Crippen molar-refractivity contribution in [2.24, 2.45) is 0 Å². The second-order valence-electron chi connectivity index (χ2n) is 3.14. The van der Waals surface area contributed by atoms with Crippen molar-refractivity contribution >= 4 is 11.9 Å². The monoisotopic (exact) mass is 240 g/mol. The lowest BCUT2D eigenvalue weighted by Crippen LogP contribution is -2.37. The first-order chi connectivity index (χ1) is 8.06. The number of nitrogens with zero attached hydrogens (tertiary/aromatic N) is 1. The average Bonchev–Trinajstić information content (AvgIpc) is 2.35. The molecule has 3 N–H and O–H groups in total. The molecule has 0 saturated heterocycles. The number of hydrogen-bond acceptors (Lipinski definition) is 6. The number of aromatic nitrogens is 1. The number of aromatic hydroxyl groups is 1. The van der Waals surface area contributed by atoms with Crippen molar-refractivity contribution in [3.8, 4) is 5.75 Å². The third-order valence-electron chi connectivity index (χ3n) is 1.97. The number of methoxy groups -OCH3 is 1. The SMILES string of the molecule is COC(=O)C(O)CNC(=O)c1ccncc1O. The summed E-state index contributed by atoms with van der Waals surface area (Å²) in [6.45, 7) is -0.298. The summed E-state index contributed by atoms with van der Waals surface area (Å²) in [5.41, 5.74) is 0.0112. The van der Waals surface area contributed by atoms with Gasteiger partial charge in [-0.05, 0) is 6.07 Å². The Kier molecular flexibility index (Phi) is 4.41. The largest absolute Gasteiger partial charge is 0.505 e. The zero-order valence-electron chi connectivity index (χ0n) is 9.08. The molecule has 0 bridgehead atoms. The van der Waals surface area contributed by atoms with Crippen molar-refractivity contribution < 1.29 is 24.5 Å². The van der Waals surface area contributed by atoms with Crippen LogP contribution in [0.15, 0.2) is 18.5 Å². The number of esters is 1. The van der Waals surface area contributed by atoms with Gasteiger partial charge in [-0.25, -0.2) is 4.79 Å². The molecule has 0 aliphatic rings. The Morgan fingerprint density at radius 2 is 2.29 bits per heavy atom. The summed E-state index contributed by atoms with van der Waals surface area (Å²) in [5.74, 6) is -1.74. The molecule has 0 aromatic carbocycles. The fraction of sp³-hybridized carbons (Fsp3) is 0.300. The van der Waals surface area contributed by atoms with Crippen LogP contribution >= 0.6 is 0 Å². The number of hydrogen-bond donors (Lipinski definition) is 3. The molecule has 1 aromatic heterocycles. The van der Waals surface area contributed by atoms with E-state index in [1.807, 2.05) is 0 Å². The number of amides is 1. The number of aliphatic hydroxyl groups is 1. The van der Waals surface area contributed by atoms with Gasteiger partial charge in [-0.15, -0.1) is 0 Å². The summed E-state index contributed by atoms with van der Waals surface area (Å²) in [6, 6.07) is 1.31. The molecule has 1 rings (SSSR count). The number of carbonyl (C=O) groups excluding carboxylic acids is 2. The Morgan fingerprint density at radius 1 is 1.59 bits per heavy atom. The van der Waals surface area contributed by atoms with Gasteiger partial charge in [-0.2, -0.15) is 0 Å². The first kappa shape index (κ1) is 12.9. The Hall–Kier alpha value is -2.15. The molecule has 7 nitrogen and oxygen atoms in total. The van der Waals surface area contributed by atoms with Gasteiger partial charge >= 0.3 is 5.97 Å². The highest BCUT2D eigenvalue weighted by molar-refractivity contribution is 5.96. The highest BCUT2D eigenvalue weighted by atomic mass is 16.5. The van der Waals surface area contributed by atoms with E-state index in [2.05, 4.69) is 15.0 Å². The van der Waals surface area contributed by atoms with Gasteiger partial charge in [-0.1, -0.05) is 0 Å². The van der Waals surface area contributed by atoms with E-state index in [1.165, 1.54) is 12.3 Å². The lowest BCUT2D eigenvalue weighted by Gasteiger charge is -2.10. The van der Waals surface area contributed by atoms with E-state index >= 15 is 0 Å². The number of rotatable bonds is 4. The molecule has 1 unspecified atom stereocenters. The van der Waals surface area contributed by atoms with Crippen molar-refractivity contribution in [1.82, 2.24) is 10.3 Å². The number of nitrogens with one attached hydrogen (secondary N) is 1. The van der Waals surface area contributed by atoms with Gasteiger partial charge in [0.1, 0.15) is 5.75 Å². The van der Waals surface area contributed by atoms with E-state index in [-0.39, 0.29) is 17.9 Å². The molecule has 1 aromatic rings. The van der Waals surface area contributed by atoms with Crippen LogP contribution < -0.4 is 5.32 Å². The van der Waals surface area contributed by atoms with E-state index < -0.39 is 18.0 Å². The maximum absolute atomic E-state index is 11.5. The molecular formula is C10H12N2O5. The Balaban J connectivity index is 2.57. The molecule has 17 heavy (non-hydrogen) atoms. The Bertz CT molecular complexity index is 421. The van der Waals surface area contributed by atoms with Crippen LogP contribution in [0.4, 0.5) is 0 Å². The minimum absolute atomic E-state index is 0.0112. The number of aliphatic hydroxyl groups excluding tert-OH is 1. The molecule has 7 heteroatoms. The van der Waals surface area contributed by atoms with Crippen LogP contribution in [0.2, 0.25) is 0 Å². The summed E-state index contributed by atoms with van der Waals surface area (Å²) in [5, 5.41) is 20.8. The van der Waals surface area contributed by atoms with Crippen molar-refractivity contribution in [2.75, 3.05) is 13.7 Å². The molecule has 1 amide bonds. The third kappa shape index (κ3) is 3.42. The molecule has 0 radical (unpaired) electrons. The van der Waals surface area contributed by atoms with Crippen LogP contribution in [0.5, 0.6) is 5.75 Å². The predicted molar refractivity (Wildman–Crippen MR) is 56.3 cm³/mol. The Morgan fingerprint density at radius 3 is 2.88 bits per heavy atom. The van der Waals surface area contributed by atoms with Gasteiger partial charge in [0.25, 0.3) is 5.91 Å². The van der Waals surface area contributed by atoms with Crippen molar-refractivity contribution in [3.63, 3.8) is 0 Å². The highest BCUT2D eigenvalue weighted by Gasteiger charge is 2.17. The summed E-state index contributed by atoms with van der Waals surface area (Å²) >= 11 is 0. The molecule has 0 aliphatic heterocycles. The fourth-order valence-electron chi connectivity index (χ4n) is 1.08. The number of ether oxygens (including phenoxy) is 1. The quantitative estimate of drug-likeness (QED) is 0.585. The molecule has 0 saturated carbocycles. The smallest absolute Gasteiger partial charge is 0.336 e. The lowest BCUT2D eigenvalue weighted by molar-refractivity contribution is -0.149. The van der Waals surface area contributed by atoms with Gasteiger partial charge in [0.2, 0.25) is 0 Å². The van der Waals surface area contributed by atoms with E-state index in [9.17, 15) is 19.8 Å². The van der Waals surface area contributed by atoms with Gasteiger partial charge in [-0.3, -0.25) is 9.78 Å². The average molecular weight is 240 g/mol. The van der Waals surface area contributed by atoms with Crippen molar-refractivity contribution in [3.05, 3.63) is 24.0 Å². The zero-order chi connectivity index (χ0) is 12.8. The summed E-state index contributed by atoms with van der Waals surface area (Å²) in [6.07, 6.45) is 1.02. The fourth-order valence-corrected chi connectivity index (χ4v) is 1.08. The van der Waals surface area contributed by atoms with Crippen LogP contribution in [-0.2, 0) is 9.53 Å². The third-order valence-corrected chi connectivity index (χ3v) is 1.97. The molecule has 0 spiro atoms. The van der Waals surface area contributed by atoms with E-state index in [4.69, 9.17) is 0 Å². The number of carbonyl (C=O) groups is 2. The minimum atomic E-state index is -1.44. The predicted octanol–water partition coefficient (Wildman–Crippen LogP) is -0.949. The molecule has 1 heterocycles. The van der Waals surface area contributed by atoms with E-state index in [0.29, 0.717) is 0 Å². The van der Waals surface area contributed by atoms with Crippen LogP contribution in [0.1, 0.15) is 10.4 Å². The molecule has 92 valence electrons. The first-order valence-corrected chi connectivity index (χ1v) is 4.73. The molecular weight excluding hydrogens is 228 g/mol. The van der Waals surface area contributed by atoms with Crippen LogP contribution in [0, 0.1) is 0 Å². The molecule has 1 atom stereocenters. The van der Waals surface area contributed by atoms with E-state index in [0.717, 1.165) is 13.3 Å². The second kappa shape index (κ2) is 5.80. The van der Waals surface area contributed by atoms with Gasteiger partial charge in [0.05, 0.1) is 25.4 Å². The molecule has 0 fully saturated rings. The van der Waals surface area contributed by atoms with Crippen LogP contribution in [-0.4, -0.2) is 46.8 Å². The standard InChI is InChI=1S/C10H12N2O5/c1-17-10(16)8(14)5-12-9(15)6-2-3-11-4-7(6)13/h2-4,8,13-14H,5H2,1H3,(H,12,15). The Labute approximate surface area is 97.1 Å². The summed E-state index contributed by atoms with van der Waals surface area (Å²) in [7, 11) is 1.13. The molecule has 0 aliphatic carbocycles. The summed E-state index contributed by atoms with van der Waals surface area (Å²) in [4.78, 5) is 26.0. The van der Waals surface area contributed by atoms with Crippen LogP contribution in [0.25, 0.3) is 0 Å². The second-order valence-corrected chi connectivity index (χ2v) is 3.14. The normalized spacial score (nSPS) is 11.6. The maximum atomic E-state index is 11.5. The zero-order valence-corrected chi connectivity index (χ0v) is 9.08. The van der Waals surface area contributed by atoms with Crippen LogP contribution in [0.3, 0.4) is 0 Å². The van der Waals surface area contributed by atoms with Gasteiger partial charge in [0.15, 0.2) is 6.10 Å². The van der Waals surface area contributed by atoms with Gasteiger partial charge in [0, 0.05) is 6.20 Å².